The van der Waals surface area contributed by atoms with Crippen molar-refractivity contribution in [3.8, 4) is 33.8 Å². The third-order valence-corrected chi connectivity index (χ3v) is 16.0. The van der Waals surface area contributed by atoms with Crippen LogP contribution in [0.4, 0.5) is 34.1 Å². The maximum atomic E-state index is 7.36. The van der Waals surface area contributed by atoms with E-state index in [1.165, 1.54) is 81.9 Å². The molecule has 9 aromatic carbocycles. The minimum Gasteiger partial charge on any atom is -0.458 e. The first-order chi connectivity index (χ1) is 34.6. The van der Waals surface area contributed by atoms with Crippen LogP contribution in [-0.2, 0) is 22.7 Å². The smallest absolute Gasteiger partial charge is 0.256 e. The van der Waals surface area contributed by atoms with E-state index in [-0.39, 0.29) is 23.0 Å². The molecule has 0 saturated carbocycles. The monoisotopic (exact) mass is 952 g/mol. The molecule has 1 aliphatic carbocycles. The summed E-state index contributed by atoms with van der Waals surface area (Å²) in [6, 6.07) is 72.8. The largest absolute Gasteiger partial charge is 0.458 e. The van der Waals surface area contributed by atoms with E-state index in [1.807, 2.05) is 11.8 Å². The van der Waals surface area contributed by atoms with Gasteiger partial charge in [-0.25, -0.2) is 0 Å². The van der Waals surface area contributed by atoms with E-state index < -0.39 is 0 Å². The predicted molar refractivity (Wildman–Crippen MR) is 307 cm³/mol. The van der Waals surface area contributed by atoms with E-state index in [4.69, 9.17) is 4.74 Å². The number of para-hydroxylation sites is 1. The molecule has 12 rings (SSSR count). The van der Waals surface area contributed by atoms with Gasteiger partial charge in [0.15, 0.2) is 0 Å². The molecule has 0 saturated heterocycles. The van der Waals surface area contributed by atoms with Crippen molar-refractivity contribution in [1.82, 2.24) is 0 Å². The Morgan fingerprint density at radius 1 is 0.431 bits per heavy atom. The van der Waals surface area contributed by atoms with Gasteiger partial charge in [-0.1, -0.05) is 183 Å². The maximum Gasteiger partial charge on any atom is 0.256 e. The minimum atomic E-state index is -0.0847. The molecule has 3 aliphatic rings. The minimum absolute atomic E-state index is 0.0185. The first-order valence-corrected chi connectivity index (χ1v) is 26.4. The van der Waals surface area contributed by atoms with Crippen molar-refractivity contribution in [3.63, 3.8) is 0 Å². The van der Waals surface area contributed by atoms with Crippen LogP contribution in [0.25, 0.3) is 22.3 Å². The van der Waals surface area contributed by atoms with Crippen molar-refractivity contribution in [2.75, 3.05) is 9.80 Å². The first-order valence-electron chi connectivity index (χ1n) is 25.6. The van der Waals surface area contributed by atoms with Crippen LogP contribution in [0, 0.1) is 0 Å². The lowest BCUT2D eigenvalue weighted by Gasteiger charge is -2.42. The average molecular weight is 953 g/mol. The van der Waals surface area contributed by atoms with Gasteiger partial charge in [-0.05, 0) is 162 Å². The summed E-state index contributed by atoms with van der Waals surface area (Å²) < 4.78 is 7.36. The second-order valence-corrected chi connectivity index (χ2v) is 24.2. The zero-order valence-electron chi connectivity index (χ0n) is 43.0. The summed E-state index contributed by atoms with van der Waals surface area (Å²) in [5, 5.41) is 0. The number of benzene rings is 9. The fourth-order valence-corrected chi connectivity index (χ4v) is 12.0. The van der Waals surface area contributed by atoms with E-state index in [1.54, 1.807) is 0 Å². The van der Waals surface area contributed by atoms with Crippen molar-refractivity contribution in [2.24, 2.45) is 0 Å². The molecular formula is C67H61BN2OS. The molecule has 0 radical (unpaired) electrons. The van der Waals surface area contributed by atoms with E-state index in [9.17, 15) is 0 Å². The van der Waals surface area contributed by atoms with Crippen molar-refractivity contribution in [3.05, 3.63) is 222 Å². The van der Waals surface area contributed by atoms with Gasteiger partial charge >= 0.3 is 0 Å². The molecule has 0 unspecified atom stereocenters. The van der Waals surface area contributed by atoms with Gasteiger partial charge in [0.25, 0.3) is 6.71 Å². The Bertz CT molecular complexity index is 3560. The molecule has 0 N–H and O–H groups in total. The number of fused-ring (bicyclic) bond motifs is 7. The summed E-state index contributed by atoms with van der Waals surface area (Å²) in [5.74, 6) is 1.79. The predicted octanol–water partition coefficient (Wildman–Crippen LogP) is 16.8. The van der Waals surface area contributed by atoms with Crippen LogP contribution < -0.4 is 30.9 Å². The van der Waals surface area contributed by atoms with Crippen LogP contribution in [0.3, 0.4) is 0 Å². The number of nitrogens with zero attached hydrogens (tertiary/aromatic N) is 2. The molecule has 5 heteroatoms. The molecular weight excluding hydrogens is 892 g/mol. The van der Waals surface area contributed by atoms with Gasteiger partial charge in [0.05, 0.1) is 11.4 Å². The summed E-state index contributed by atoms with van der Waals surface area (Å²) in [6.45, 7) is 20.7. The molecule has 0 bridgehead atoms. The normalized spacial score (nSPS) is 13.4. The molecule has 9 aromatic rings. The van der Waals surface area contributed by atoms with Gasteiger partial charge < -0.3 is 14.5 Å². The Hall–Kier alpha value is -7.21. The quantitative estimate of drug-likeness (QED) is 0.148. The molecule has 3 nitrogen and oxygen atoms in total. The Balaban J connectivity index is 1.16. The Morgan fingerprint density at radius 3 is 1.81 bits per heavy atom. The molecule has 0 atom stereocenters. The van der Waals surface area contributed by atoms with E-state index >= 15 is 0 Å². The van der Waals surface area contributed by atoms with Crippen LogP contribution in [0.1, 0.15) is 90.1 Å². The summed E-state index contributed by atoms with van der Waals surface area (Å²) in [5.41, 5.74) is 21.9. The fourth-order valence-electron chi connectivity index (χ4n) is 11.1. The first kappa shape index (κ1) is 45.9. The standard InChI is InChI=1S/C67H61BN2OS/c1-65(2,3)46-27-31-50(32-28-46)69(49-21-12-10-13-22-49)51-40-61-64-63(41-51)71-62-34-30-48(67(7,8)9)39-58(62)68(64)57-42-55-45(35-43-19-16-17-26-54(43)55)37-60(57)70(61)59-33-29-47(66(4,5)6)38-56(59)44-20-18-25-53(36-44)72-52-23-14-11-15-24-52/h10-34,36-42H,35H2,1-9H3. The number of hydrogen-bond donors (Lipinski definition) is 0. The third kappa shape index (κ3) is 8.12. The number of rotatable bonds is 7. The molecule has 354 valence electrons. The molecule has 2 heterocycles. The number of hydrogen-bond acceptors (Lipinski definition) is 4. The summed E-state index contributed by atoms with van der Waals surface area (Å²) in [6.07, 6.45) is 0.893. The third-order valence-electron chi connectivity index (χ3n) is 15.0. The van der Waals surface area contributed by atoms with Crippen LogP contribution in [0.15, 0.2) is 204 Å². The number of anilines is 6. The highest BCUT2D eigenvalue weighted by molar-refractivity contribution is 7.99. The van der Waals surface area contributed by atoms with Gasteiger partial charge in [-0.3, -0.25) is 0 Å². The zero-order chi connectivity index (χ0) is 49.7. The lowest BCUT2D eigenvalue weighted by Crippen LogP contribution is -2.59. The van der Waals surface area contributed by atoms with Crippen LogP contribution in [0.5, 0.6) is 11.5 Å². The van der Waals surface area contributed by atoms with Crippen molar-refractivity contribution < 1.29 is 4.74 Å². The second-order valence-electron chi connectivity index (χ2n) is 23.0. The van der Waals surface area contributed by atoms with Gasteiger partial charge in [-0.2, -0.15) is 0 Å². The van der Waals surface area contributed by atoms with Crippen molar-refractivity contribution >= 4 is 69.0 Å². The molecule has 0 aromatic heterocycles. The fraction of sp³-hybridized carbons (Fsp3) is 0.194. The van der Waals surface area contributed by atoms with Crippen LogP contribution in [0.2, 0.25) is 0 Å². The highest BCUT2D eigenvalue weighted by Gasteiger charge is 2.44. The molecule has 0 fully saturated rings. The SMILES string of the molecule is CC(C)(C)c1ccc(N(c2ccccc2)c2cc3c4c(c2)N(c2ccc(C(C)(C)C)cc2-c2cccc(Sc5ccccc5)c2)c2cc5c(cc2B4c2cc(C(C)(C)C)ccc2O3)-c2ccccc2C5)cc1. The van der Waals surface area contributed by atoms with E-state index in [0.717, 1.165) is 46.4 Å². The van der Waals surface area contributed by atoms with Gasteiger partial charge in [0.2, 0.25) is 0 Å². The molecule has 72 heavy (non-hydrogen) atoms. The van der Waals surface area contributed by atoms with Gasteiger partial charge in [0.1, 0.15) is 11.5 Å². The van der Waals surface area contributed by atoms with Crippen molar-refractivity contribution in [1.29, 1.82) is 0 Å². The Labute approximate surface area is 431 Å². The van der Waals surface area contributed by atoms with Crippen LogP contribution >= 0.6 is 11.8 Å². The second kappa shape index (κ2) is 17.2. The van der Waals surface area contributed by atoms with Crippen LogP contribution in [-0.4, -0.2) is 6.71 Å². The Morgan fingerprint density at radius 2 is 1.07 bits per heavy atom. The lowest BCUT2D eigenvalue weighted by molar-refractivity contribution is 0.486. The zero-order valence-corrected chi connectivity index (χ0v) is 43.8. The van der Waals surface area contributed by atoms with Crippen molar-refractivity contribution in [2.45, 2.75) is 94.8 Å². The lowest BCUT2D eigenvalue weighted by atomic mass is 9.34. The maximum absolute atomic E-state index is 7.36. The molecule has 0 spiro atoms. The highest BCUT2D eigenvalue weighted by atomic mass is 32.2. The topological polar surface area (TPSA) is 15.7 Å². The van der Waals surface area contributed by atoms with Gasteiger partial charge in [0, 0.05) is 44.2 Å². The number of ether oxygens (including phenoxy) is 1. The average Bonchev–Trinajstić information content (AvgIpc) is 3.73. The molecule has 0 amide bonds. The summed E-state index contributed by atoms with van der Waals surface area (Å²) >= 11 is 1.81. The summed E-state index contributed by atoms with van der Waals surface area (Å²) in [7, 11) is 0. The van der Waals surface area contributed by atoms with E-state index in [0.29, 0.717) is 0 Å². The molecule has 2 aliphatic heterocycles. The highest BCUT2D eigenvalue weighted by Crippen LogP contribution is 2.51. The summed E-state index contributed by atoms with van der Waals surface area (Å²) in [4.78, 5) is 7.43. The van der Waals surface area contributed by atoms with Gasteiger partial charge in [-0.15, -0.1) is 0 Å². The Kier molecular flexibility index (Phi) is 11.0. The van der Waals surface area contributed by atoms with E-state index in [2.05, 4.69) is 266 Å².